The maximum absolute atomic E-state index is 8.13. The summed E-state index contributed by atoms with van der Waals surface area (Å²) in [5, 5.41) is 20.6. The van der Waals surface area contributed by atoms with Crippen molar-refractivity contribution in [2.75, 3.05) is 0 Å². The number of rotatable bonds is 10. The van der Waals surface area contributed by atoms with Gasteiger partial charge in [0.25, 0.3) is 0 Å². The molecular weight excluding hydrogens is 1870 g/mol. The number of benzene rings is 22. The van der Waals surface area contributed by atoms with Crippen LogP contribution in [-0.4, -0.2) is 13.7 Å². The number of nitrogens with zero attached hydrogens (tertiary/aromatic N) is 6. The largest absolute Gasteiger partial charge is 0.465 e. The predicted molar refractivity (Wildman–Crippen MR) is 629 cm³/mol. The average Bonchev–Trinajstić information content (AvgIpc) is 1.56. The van der Waals surface area contributed by atoms with E-state index in [2.05, 4.69) is 473 Å². The van der Waals surface area contributed by atoms with E-state index < -0.39 is 0 Å². The molecule has 0 aliphatic rings. The van der Waals surface area contributed by atoms with Crippen molar-refractivity contribution in [1.82, 2.24) is 13.7 Å². The summed E-state index contributed by atoms with van der Waals surface area (Å²) in [5.41, 5.74) is 33.8. The van der Waals surface area contributed by atoms with Gasteiger partial charge in [-0.3, -0.25) is 0 Å². The van der Waals surface area contributed by atoms with E-state index in [0.29, 0.717) is 33.8 Å². The van der Waals surface area contributed by atoms with Crippen molar-refractivity contribution in [2.45, 2.75) is 13.8 Å². The Labute approximate surface area is 866 Å². The Morgan fingerprint density at radius 2 is 0.490 bits per heavy atom. The smallest absolute Gasteiger partial charge is 0.229 e. The molecule has 0 saturated carbocycles. The number of furan rings is 3. The highest BCUT2D eigenvalue weighted by atomic mass is 32.1. The lowest BCUT2D eigenvalue weighted by atomic mass is 9.95. The molecule has 0 atom stereocenters. The van der Waals surface area contributed by atoms with Gasteiger partial charge in [0.05, 0.1) is 69.9 Å². The zero-order chi connectivity index (χ0) is 98.9. The Hall–Kier alpha value is -19.2. The van der Waals surface area contributed by atoms with Crippen LogP contribution < -0.4 is 0 Å². The molecule has 0 saturated heterocycles. The molecule has 0 aliphatic carbocycles. The summed E-state index contributed by atoms with van der Waals surface area (Å²) in [6.07, 6.45) is 0. The molecule has 0 spiro atoms. The Kier molecular flexibility index (Phi) is 20.0. The van der Waals surface area contributed by atoms with Gasteiger partial charge in [-0.05, 0) is 207 Å². The van der Waals surface area contributed by atoms with Gasteiger partial charge in [0.2, 0.25) is 17.1 Å². The molecular formula is C137H80N6O3S3. The minimum atomic E-state index is 0.510. The lowest BCUT2D eigenvalue weighted by Gasteiger charge is -2.10. The van der Waals surface area contributed by atoms with Crippen molar-refractivity contribution in [3.8, 4) is 95.0 Å². The highest BCUT2D eigenvalue weighted by Gasteiger charge is 2.30. The number of para-hydroxylation sites is 3. The first kappa shape index (κ1) is 86.4. The number of thiophene rings is 3. The predicted octanol–water partition coefficient (Wildman–Crippen LogP) is 41.1. The molecule has 9 aromatic heterocycles. The quantitative estimate of drug-likeness (QED) is 0.128. The number of hydrogen-bond donors (Lipinski definition) is 0. The summed E-state index contributed by atoms with van der Waals surface area (Å²) in [6, 6.07) is 159. The molecule has 0 fully saturated rings. The van der Waals surface area contributed by atoms with E-state index in [4.69, 9.17) is 33.0 Å². The van der Waals surface area contributed by atoms with Crippen LogP contribution in [0.4, 0.5) is 17.1 Å². The van der Waals surface area contributed by atoms with Gasteiger partial charge < -0.3 is 27.0 Å². The van der Waals surface area contributed by atoms with Gasteiger partial charge in [-0.2, -0.15) is 0 Å². The molecule has 9 heterocycles. The van der Waals surface area contributed by atoms with E-state index in [0.717, 1.165) is 133 Å². The van der Waals surface area contributed by atoms with Gasteiger partial charge in [0.1, 0.15) is 16.7 Å². The lowest BCUT2D eigenvalue weighted by molar-refractivity contribution is 0.668. The van der Waals surface area contributed by atoms with Crippen LogP contribution in [0.3, 0.4) is 0 Å². The van der Waals surface area contributed by atoms with Crippen molar-refractivity contribution in [2.24, 2.45) is 0 Å². The maximum atomic E-state index is 8.13. The molecule has 0 unspecified atom stereocenters. The van der Waals surface area contributed by atoms with Crippen LogP contribution in [0, 0.1) is 33.6 Å². The summed E-state index contributed by atoms with van der Waals surface area (Å²) >= 11 is 5.45. The highest BCUT2D eigenvalue weighted by molar-refractivity contribution is 7.27. The van der Waals surface area contributed by atoms with Crippen LogP contribution in [0.25, 0.3) is 301 Å². The minimum absolute atomic E-state index is 0.510. The molecule has 9 nitrogen and oxygen atoms in total. The minimum Gasteiger partial charge on any atom is -0.465 e. The highest BCUT2D eigenvalue weighted by Crippen LogP contribution is 2.54. The first-order chi connectivity index (χ1) is 73.6. The molecule has 31 aromatic rings. The van der Waals surface area contributed by atoms with Gasteiger partial charge >= 0.3 is 0 Å². The summed E-state index contributed by atoms with van der Waals surface area (Å²) in [4.78, 5) is 11.8. The first-order valence-corrected chi connectivity index (χ1v) is 52.2. The second kappa shape index (κ2) is 34.5. The second-order valence-electron chi connectivity index (χ2n) is 38.4. The van der Waals surface area contributed by atoms with E-state index in [-0.39, 0.29) is 0 Å². The average molecular weight is 1950 g/mol. The van der Waals surface area contributed by atoms with Crippen molar-refractivity contribution < 1.29 is 13.3 Å². The zero-order valence-corrected chi connectivity index (χ0v) is 82.8. The number of fused-ring (bicyclic) bond motifs is 27. The molecule has 22 aromatic carbocycles. The van der Waals surface area contributed by atoms with Crippen molar-refractivity contribution in [1.29, 1.82) is 0 Å². The first-order valence-electron chi connectivity index (χ1n) is 49.8. The SMILES string of the molecule is [C-]#[N+]c1ccc(-c2ccc3c(c2)sc2ccccc23)c2c1oc1c(-n3c4ccc(-c5ccccc5)cc4c4cc(-c5ccccc5)ccc43)cccc12.[C-]#[N+]c1ccc(-c2cccc3c2sc2ccccc23)c2c1oc1c(-n3c4ccc(-c5ccccc5)cc4c4cc(-c5ccccc5)ccc43)cccc12.[C-]#[N+]c1ccc(-c2cccc3sc4ccccc4c23)c2c1oc1c(-n3c4ccc(C)cc4c4cc(C)ccc43)cccc12. The summed E-state index contributed by atoms with van der Waals surface area (Å²) < 4.78 is 35.1. The third-order valence-corrected chi connectivity index (χ3v) is 33.5. The Morgan fingerprint density at radius 3 is 0.926 bits per heavy atom. The van der Waals surface area contributed by atoms with E-state index in [1.54, 1.807) is 0 Å². The number of aromatic nitrogens is 3. The van der Waals surface area contributed by atoms with E-state index in [1.807, 2.05) is 52.2 Å². The van der Waals surface area contributed by atoms with Crippen LogP contribution in [0.5, 0.6) is 0 Å². The van der Waals surface area contributed by atoms with Gasteiger partial charge in [-0.1, -0.05) is 339 Å². The molecule has 0 amide bonds. The number of aryl methyl sites for hydroxylation is 2. The standard InChI is InChI=1S/2C49H28N2OS.C39H24N2OS/c1-50-41-25-24-35(37-18-10-17-36-34-16-8-9-21-45(34)53-49(36)37)46-38-19-11-20-44(47(38)52-48(41)46)51-42-26-22-32(30-12-4-2-5-13-30)28-39(42)40-29-33(23-27-43(40)51)31-14-6-3-7-15-31;1-50-41-24-23-35(34-19-22-37-36-15-8-9-18-45(36)53-46(37)29-34)47-38-16-10-17-44(48(38)52-49(41)47)51-42-25-20-32(30-11-4-2-5-12-30)27-39(42)40-28-33(21-26-43(40)51)31-13-6-3-7-14-31;1-22-14-18-31-28(20-22)29-21-23(2)15-19-32(29)41(31)33-11-6-10-27-37-25(16-17-30(40-3)39(37)42-38(27)33)24-9-7-13-35-36(24)26-8-4-5-12-34(26)43-35/h2*2-29H;4-21H,1-2H3. The number of hydrogen-bond acceptors (Lipinski definition) is 6. The monoisotopic (exact) mass is 1950 g/mol. The second-order valence-corrected chi connectivity index (χ2v) is 41.6. The molecule has 0 aliphatic heterocycles. The third-order valence-electron chi connectivity index (χ3n) is 30.0. The van der Waals surface area contributed by atoms with Crippen molar-refractivity contribution in [3.63, 3.8) is 0 Å². The van der Waals surface area contributed by atoms with E-state index in [9.17, 15) is 0 Å². The lowest BCUT2D eigenvalue weighted by Crippen LogP contribution is -1.94. The molecule has 0 radical (unpaired) electrons. The van der Waals surface area contributed by atoms with Gasteiger partial charge in [0.15, 0.2) is 16.7 Å². The molecule has 694 valence electrons. The Morgan fingerprint density at radius 1 is 0.188 bits per heavy atom. The van der Waals surface area contributed by atoms with Crippen molar-refractivity contribution >= 4 is 243 Å². The van der Waals surface area contributed by atoms with E-state index in [1.165, 1.54) is 148 Å². The molecule has 31 rings (SSSR count). The molecule has 149 heavy (non-hydrogen) atoms. The summed E-state index contributed by atoms with van der Waals surface area (Å²) in [6.45, 7) is 28.5. The maximum Gasteiger partial charge on any atom is 0.229 e. The summed E-state index contributed by atoms with van der Waals surface area (Å²) in [7, 11) is 0. The van der Waals surface area contributed by atoms with Crippen LogP contribution in [-0.2, 0) is 0 Å². The topological polar surface area (TPSA) is 67.3 Å². The Balaban J connectivity index is 0.000000106. The van der Waals surface area contributed by atoms with Crippen LogP contribution >= 0.6 is 34.0 Å². The van der Waals surface area contributed by atoms with Gasteiger partial charge in [0, 0.05) is 131 Å². The fourth-order valence-corrected chi connectivity index (χ4v) is 26.8. The van der Waals surface area contributed by atoms with Gasteiger partial charge in [-0.15, -0.1) is 34.0 Å². The summed E-state index contributed by atoms with van der Waals surface area (Å²) in [5.74, 6) is 0. The van der Waals surface area contributed by atoms with Gasteiger partial charge in [-0.25, -0.2) is 14.5 Å². The molecule has 0 bridgehead atoms. The third kappa shape index (κ3) is 13.8. The van der Waals surface area contributed by atoms with E-state index >= 15 is 0 Å². The fourth-order valence-electron chi connectivity index (χ4n) is 23.3. The van der Waals surface area contributed by atoms with Crippen LogP contribution in [0.1, 0.15) is 11.1 Å². The molecule has 0 N–H and O–H groups in total. The van der Waals surface area contributed by atoms with Crippen LogP contribution in [0.2, 0.25) is 0 Å². The Bertz CT molecular complexity index is 11000. The fraction of sp³-hybridized carbons (Fsp3) is 0.0146. The zero-order valence-electron chi connectivity index (χ0n) is 80.4. The van der Waals surface area contributed by atoms with Crippen LogP contribution in [0.15, 0.2) is 462 Å². The molecule has 12 heteroatoms. The normalized spacial score (nSPS) is 11.8. The van der Waals surface area contributed by atoms with Crippen molar-refractivity contribution in [3.05, 3.63) is 494 Å².